The summed E-state index contributed by atoms with van der Waals surface area (Å²) < 4.78 is 31.5. The van der Waals surface area contributed by atoms with Crippen LogP contribution in [0.25, 0.3) is 11.1 Å². The number of H-pyrrole nitrogens is 1. The summed E-state index contributed by atoms with van der Waals surface area (Å²) in [6, 6.07) is 4.17. The van der Waals surface area contributed by atoms with E-state index in [0.29, 0.717) is 24.9 Å². The van der Waals surface area contributed by atoms with E-state index in [0.717, 1.165) is 0 Å². The molecule has 1 aromatic carbocycles. The molecule has 8 nitrogen and oxygen atoms in total. The molecule has 120 valence electrons. The molecule has 22 heavy (non-hydrogen) atoms. The molecule has 2 aromatic rings. The van der Waals surface area contributed by atoms with Gasteiger partial charge in [-0.15, -0.1) is 0 Å². The molecule has 0 radical (unpaired) electrons. The molecule has 9 heteroatoms. The van der Waals surface area contributed by atoms with E-state index in [2.05, 4.69) is 15.0 Å². The highest BCUT2D eigenvalue weighted by Crippen LogP contribution is 2.16. The van der Waals surface area contributed by atoms with Crippen molar-refractivity contribution in [3.8, 4) is 0 Å². The maximum absolute atomic E-state index is 12.1. The molecular formula is C13H17N3O5S. The number of benzene rings is 1. The van der Waals surface area contributed by atoms with E-state index in [1.807, 2.05) is 0 Å². The Bertz CT molecular complexity index is 822. The fraction of sp³-hybridized carbons (Fsp3) is 0.385. The molecule has 1 aromatic heterocycles. The van der Waals surface area contributed by atoms with Crippen LogP contribution in [0.5, 0.6) is 0 Å². The molecule has 0 aliphatic rings. The maximum Gasteiger partial charge on any atom is 0.417 e. The van der Waals surface area contributed by atoms with Crippen LogP contribution in [0, 0.1) is 0 Å². The van der Waals surface area contributed by atoms with Gasteiger partial charge >= 0.3 is 5.76 Å². The van der Waals surface area contributed by atoms with Gasteiger partial charge in [-0.3, -0.25) is 9.78 Å². The number of aromatic amines is 1. The molecule has 0 atom stereocenters. The Morgan fingerprint density at radius 2 is 2.00 bits per heavy atom. The van der Waals surface area contributed by atoms with Crippen LogP contribution < -0.4 is 15.8 Å². The van der Waals surface area contributed by atoms with Crippen molar-refractivity contribution in [1.82, 2.24) is 15.0 Å². The molecule has 1 heterocycles. The molecule has 0 saturated heterocycles. The molecule has 0 bridgehead atoms. The first-order valence-electron chi connectivity index (χ1n) is 6.75. The van der Waals surface area contributed by atoms with Gasteiger partial charge in [0, 0.05) is 26.1 Å². The minimum absolute atomic E-state index is 0.0320. The fourth-order valence-corrected chi connectivity index (χ4v) is 2.99. The fourth-order valence-electron chi connectivity index (χ4n) is 1.90. The third kappa shape index (κ3) is 4.18. The van der Waals surface area contributed by atoms with Crippen molar-refractivity contribution in [2.45, 2.75) is 24.7 Å². The molecular weight excluding hydrogens is 310 g/mol. The van der Waals surface area contributed by atoms with E-state index in [-0.39, 0.29) is 22.9 Å². The molecule has 0 spiro atoms. The SMILES string of the molecule is CC(=O)NCCCCNS(=O)(=O)c1ccc2[nH]c(=O)oc2c1. The summed E-state index contributed by atoms with van der Waals surface area (Å²) in [6.07, 6.45) is 1.27. The molecule has 2 rings (SSSR count). The highest BCUT2D eigenvalue weighted by atomic mass is 32.2. The van der Waals surface area contributed by atoms with Crippen molar-refractivity contribution in [2.24, 2.45) is 0 Å². The Kier molecular flexibility index (Phi) is 4.99. The highest BCUT2D eigenvalue weighted by Gasteiger charge is 2.15. The first kappa shape index (κ1) is 16.2. The molecule has 0 aliphatic heterocycles. The standard InChI is InChI=1S/C13H17N3O5S/c1-9(17)14-6-2-3-7-15-22(19,20)10-4-5-11-12(8-10)21-13(18)16-11/h4-5,8,15H,2-3,6-7H2,1H3,(H,14,17)(H,16,18). The molecule has 1 amide bonds. The topological polar surface area (TPSA) is 121 Å². The van der Waals surface area contributed by atoms with E-state index in [1.165, 1.54) is 25.1 Å². The van der Waals surface area contributed by atoms with Gasteiger partial charge < -0.3 is 9.73 Å². The Hall–Kier alpha value is -2.13. The van der Waals surface area contributed by atoms with Gasteiger partial charge in [-0.1, -0.05) is 0 Å². The monoisotopic (exact) mass is 327 g/mol. The first-order chi connectivity index (χ1) is 10.4. The first-order valence-corrected chi connectivity index (χ1v) is 8.24. The quantitative estimate of drug-likeness (QED) is 0.632. The number of carbonyl (C=O) groups excluding carboxylic acids is 1. The summed E-state index contributed by atoms with van der Waals surface area (Å²) in [6.45, 7) is 2.20. The lowest BCUT2D eigenvalue weighted by Gasteiger charge is -2.07. The summed E-state index contributed by atoms with van der Waals surface area (Å²) in [5.74, 6) is -0.739. The van der Waals surface area contributed by atoms with Crippen LogP contribution >= 0.6 is 0 Å². The number of carbonyl (C=O) groups is 1. The van der Waals surface area contributed by atoms with E-state index in [9.17, 15) is 18.0 Å². The van der Waals surface area contributed by atoms with Crippen molar-refractivity contribution < 1.29 is 17.6 Å². The summed E-state index contributed by atoms with van der Waals surface area (Å²) in [7, 11) is -3.66. The lowest BCUT2D eigenvalue weighted by atomic mass is 10.3. The predicted octanol–water partition coefficient (Wildman–Crippen LogP) is 0.316. The van der Waals surface area contributed by atoms with E-state index >= 15 is 0 Å². The van der Waals surface area contributed by atoms with Gasteiger partial charge in [0.05, 0.1) is 10.4 Å². The Balaban J connectivity index is 1.94. The van der Waals surface area contributed by atoms with Crippen LogP contribution in [0.4, 0.5) is 0 Å². The van der Waals surface area contributed by atoms with E-state index < -0.39 is 15.8 Å². The zero-order chi connectivity index (χ0) is 16.2. The minimum Gasteiger partial charge on any atom is -0.408 e. The number of rotatable bonds is 7. The molecule has 0 aliphatic carbocycles. The van der Waals surface area contributed by atoms with Crippen LogP contribution in [-0.4, -0.2) is 32.4 Å². The third-order valence-corrected chi connectivity index (χ3v) is 4.43. The molecule has 0 fully saturated rings. The summed E-state index contributed by atoms with van der Waals surface area (Å²) in [5.41, 5.74) is 0.637. The summed E-state index contributed by atoms with van der Waals surface area (Å²) in [5, 5.41) is 2.64. The van der Waals surface area contributed by atoms with Gasteiger partial charge in [0.2, 0.25) is 15.9 Å². The number of hydrogen-bond acceptors (Lipinski definition) is 5. The highest BCUT2D eigenvalue weighted by molar-refractivity contribution is 7.89. The van der Waals surface area contributed by atoms with Gasteiger partial charge in [0.25, 0.3) is 0 Å². The largest absolute Gasteiger partial charge is 0.417 e. The lowest BCUT2D eigenvalue weighted by molar-refractivity contribution is -0.118. The minimum atomic E-state index is -3.66. The Morgan fingerprint density at radius 1 is 1.27 bits per heavy atom. The van der Waals surface area contributed by atoms with Crippen LogP contribution in [0.15, 0.2) is 32.3 Å². The second kappa shape index (κ2) is 6.75. The number of aromatic nitrogens is 1. The normalized spacial score (nSPS) is 11.7. The second-order valence-corrected chi connectivity index (χ2v) is 6.53. The Morgan fingerprint density at radius 3 is 2.73 bits per heavy atom. The predicted molar refractivity (Wildman–Crippen MR) is 79.9 cm³/mol. The van der Waals surface area contributed by atoms with Crippen molar-refractivity contribution in [1.29, 1.82) is 0 Å². The number of oxazole rings is 1. The van der Waals surface area contributed by atoms with E-state index in [1.54, 1.807) is 0 Å². The van der Waals surface area contributed by atoms with Crippen molar-refractivity contribution in [3.63, 3.8) is 0 Å². The second-order valence-electron chi connectivity index (χ2n) is 4.76. The number of sulfonamides is 1. The molecule has 0 unspecified atom stereocenters. The van der Waals surface area contributed by atoms with Gasteiger partial charge in [-0.2, -0.15) is 0 Å². The smallest absolute Gasteiger partial charge is 0.408 e. The molecule has 3 N–H and O–H groups in total. The van der Waals surface area contributed by atoms with Crippen LogP contribution in [0.2, 0.25) is 0 Å². The zero-order valence-electron chi connectivity index (χ0n) is 12.0. The summed E-state index contributed by atoms with van der Waals surface area (Å²) in [4.78, 5) is 24.2. The maximum atomic E-state index is 12.1. The number of hydrogen-bond donors (Lipinski definition) is 3. The van der Waals surface area contributed by atoms with Gasteiger partial charge in [-0.05, 0) is 25.0 Å². The molecule has 0 saturated carbocycles. The number of unbranched alkanes of at least 4 members (excludes halogenated alkanes) is 1. The summed E-state index contributed by atoms with van der Waals surface area (Å²) >= 11 is 0. The third-order valence-electron chi connectivity index (χ3n) is 2.97. The lowest BCUT2D eigenvalue weighted by Crippen LogP contribution is -2.26. The van der Waals surface area contributed by atoms with Gasteiger partial charge in [0.1, 0.15) is 0 Å². The number of amides is 1. The van der Waals surface area contributed by atoms with Crippen molar-refractivity contribution >= 4 is 27.0 Å². The van der Waals surface area contributed by atoms with Crippen molar-refractivity contribution in [2.75, 3.05) is 13.1 Å². The van der Waals surface area contributed by atoms with Gasteiger partial charge in [0.15, 0.2) is 5.58 Å². The average molecular weight is 327 g/mol. The zero-order valence-corrected chi connectivity index (χ0v) is 12.8. The van der Waals surface area contributed by atoms with Gasteiger partial charge in [-0.25, -0.2) is 17.9 Å². The van der Waals surface area contributed by atoms with Crippen LogP contribution in [0.1, 0.15) is 19.8 Å². The van der Waals surface area contributed by atoms with Crippen LogP contribution in [-0.2, 0) is 14.8 Å². The number of fused-ring (bicyclic) bond motifs is 1. The Labute approximate surface area is 127 Å². The van der Waals surface area contributed by atoms with E-state index in [4.69, 9.17) is 4.42 Å². The van der Waals surface area contributed by atoms with Crippen LogP contribution in [0.3, 0.4) is 0 Å². The average Bonchev–Trinajstić information content (AvgIpc) is 2.81. The van der Waals surface area contributed by atoms with Crippen molar-refractivity contribution in [3.05, 3.63) is 28.7 Å². The number of nitrogens with one attached hydrogen (secondary N) is 3.